The van der Waals surface area contributed by atoms with Crippen molar-refractivity contribution in [2.75, 3.05) is 13.2 Å². The molecule has 1 aromatic carbocycles. The van der Waals surface area contributed by atoms with Crippen molar-refractivity contribution >= 4 is 11.6 Å². The molecule has 0 bridgehead atoms. The van der Waals surface area contributed by atoms with E-state index in [1.54, 1.807) is 18.2 Å². The minimum atomic E-state index is -0.664. The van der Waals surface area contributed by atoms with Crippen LogP contribution in [0.15, 0.2) is 18.2 Å². The van der Waals surface area contributed by atoms with Crippen molar-refractivity contribution in [3.05, 3.63) is 28.8 Å². The molecule has 0 heterocycles. The van der Waals surface area contributed by atoms with Gasteiger partial charge in [-0.15, -0.1) is 0 Å². The average molecular weight is 216 g/mol. The number of hydrogen-bond donors (Lipinski definition) is 2. The second-order valence-electron chi connectivity index (χ2n) is 2.87. The molecule has 3 N–H and O–H groups in total. The van der Waals surface area contributed by atoms with Crippen LogP contribution in [0.1, 0.15) is 18.6 Å². The predicted molar refractivity (Wildman–Crippen MR) is 56.6 cm³/mol. The third-order valence-corrected chi connectivity index (χ3v) is 2.16. The largest absolute Gasteiger partial charge is 0.492 e. The molecule has 0 aliphatic heterocycles. The second kappa shape index (κ2) is 5.20. The van der Waals surface area contributed by atoms with Gasteiger partial charge >= 0.3 is 0 Å². The highest BCUT2D eigenvalue weighted by Gasteiger charge is 2.08. The average Bonchev–Trinajstić information content (AvgIpc) is 2.20. The normalized spacial score (nSPS) is 12.6. The topological polar surface area (TPSA) is 55.5 Å². The van der Waals surface area contributed by atoms with Crippen LogP contribution in [0.5, 0.6) is 5.75 Å². The van der Waals surface area contributed by atoms with Gasteiger partial charge in [0.25, 0.3) is 0 Å². The third kappa shape index (κ3) is 2.61. The summed E-state index contributed by atoms with van der Waals surface area (Å²) in [6.45, 7) is 2.64. The molecule has 1 unspecified atom stereocenters. The van der Waals surface area contributed by atoms with Crippen molar-refractivity contribution in [3.8, 4) is 5.75 Å². The molecule has 78 valence electrons. The van der Waals surface area contributed by atoms with E-state index < -0.39 is 6.10 Å². The Kier molecular flexibility index (Phi) is 4.20. The molecule has 0 saturated carbocycles. The summed E-state index contributed by atoms with van der Waals surface area (Å²) in [7, 11) is 0. The summed E-state index contributed by atoms with van der Waals surface area (Å²) in [4.78, 5) is 0. The Morgan fingerprint density at radius 1 is 1.57 bits per heavy atom. The van der Waals surface area contributed by atoms with Crippen molar-refractivity contribution in [1.82, 2.24) is 0 Å². The number of aliphatic hydroxyl groups is 1. The minimum Gasteiger partial charge on any atom is -0.492 e. The summed E-state index contributed by atoms with van der Waals surface area (Å²) in [6.07, 6.45) is -0.664. The number of ether oxygens (including phenoxy) is 1. The molecule has 0 fully saturated rings. The Morgan fingerprint density at radius 2 is 2.29 bits per heavy atom. The van der Waals surface area contributed by atoms with Crippen molar-refractivity contribution in [3.63, 3.8) is 0 Å². The maximum absolute atomic E-state index is 9.45. The van der Waals surface area contributed by atoms with Crippen LogP contribution in [-0.2, 0) is 0 Å². The van der Waals surface area contributed by atoms with Crippen LogP contribution in [0.25, 0.3) is 0 Å². The summed E-state index contributed by atoms with van der Waals surface area (Å²) in [5.74, 6) is 0.627. The van der Waals surface area contributed by atoms with Gasteiger partial charge in [-0.1, -0.05) is 17.7 Å². The van der Waals surface area contributed by atoms with Gasteiger partial charge in [-0.25, -0.2) is 0 Å². The zero-order valence-corrected chi connectivity index (χ0v) is 8.79. The third-order valence-electron chi connectivity index (χ3n) is 1.86. The lowest BCUT2D eigenvalue weighted by atomic mass is 10.1. The number of benzene rings is 1. The van der Waals surface area contributed by atoms with E-state index in [1.807, 2.05) is 6.92 Å². The van der Waals surface area contributed by atoms with E-state index in [-0.39, 0.29) is 6.54 Å². The molecule has 0 amide bonds. The first-order valence-electron chi connectivity index (χ1n) is 4.49. The Hall–Kier alpha value is -0.770. The maximum Gasteiger partial charge on any atom is 0.137 e. The number of rotatable bonds is 4. The first-order chi connectivity index (χ1) is 6.69. The van der Waals surface area contributed by atoms with Gasteiger partial charge in [-0.3, -0.25) is 0 Å². The minimum absolute atomic E-state index is 0.185. The summed E-state index contributed by atoms with van der Waals surface area (Å²) in [5, 5.41) is 9.95. The standard InChI is InChI=1S/C10H14ClNO2/c1-2-14-10-4-3-7(5-8(10)11)9(13)6-12/h3-5,9,13H,2,6,12H2,1H3. The van der Waals surface area contributed by atoms with Crippen molar-refractivity contribution in [2.24, 2.45) is 5.73 Å². The van der Waals surface area contributed by atoms with E-state index in [4.69, 9.17) is 22.1 Å². The molecule has 0 saturated heterocycles. The molecule has 0 aliphatic rings. The van der Waals surface area contributed by atoms with Crippen LogP contribution in [0.2, 0.25) is 5.02 Å². The van der Waals surface area contributed by atoms with Gasteiger partial charge in [0.1, 0.15) is 5.75 Å². The van der Waals surface area contributed by atoms with Crippen LogP contribution in [-0.4, -0.2) is 18.3 Å². The van der Waals surface area contributed by atoms with Crippen LogP contribution in [0, 0.1) is 0 Å². The van der Waals surface area contributed by atoms with Crippen molar-refractivity contribution in [2.45, 2.75) is 13.0 Å². The number of aliphatic hydroxyl groups excluding tert-OH is 1. The molecule has 0 spiro atoms. The van der Waals surface area contributed by atoms with Gasteiger partial charge < -0.3 is 15.6 Å². The first-order valence-corrected chi connectivity index (χ1v) is 4.87. The molecule has 1 rings (SSSR count). The number of nitrogens with two attached hydrogens (primary N) is 1. The highest BCUT2D eigenvalue weighted by molar-refractivity contribution is 6.32. The molecule has 1 aromatic rings. The highest BCUT2D eigenvalue weighted by atomic mass is 35.5. The van der Waals surface area contributed by atoms with Crippen molar-refractivity contribution in [1.29, 1.82) is 0 Å². The molecule has 4 heteroatoms. The van der Waals surface area contributed by atoms with Crippen molar-refractivity contribution < 1.29 is 9.84 Å². The van der Waals surface area contributed by atoms with E-state index >= 15 is 0 Å². The molecule has 0 radical (unpaired) electrons. The molecule has 3 nitrogen and oxygen atoms in total. The SMILES string of the molecule is CCOc1ccc(C(O)CN)cc1Cl. The Morgan fingerprint density at radius 3 is 2.79 bits per heavy atom. The summed E-state index contributed by atoms with van der Waals surface area (Å²) < 4.78 is 5.26. The monoisotopic (exact) mass is 215 g/mol. The van der Waals surface area contributed by atoms with Crippen LogP contribution >= 0.6 is 11.6 Å². The molecule has 14 heavy (non-hydrogen) atoms. The summed E-state index contributed by atoms with van der Waals surface area (Å²) in [6, 6.07) is 5.17. The molecular formula is C10H14ClNO2. The van der Waals surface area contributed by atoms with E-state index in [9.17, 15) is 5.11 Å². The summed E-state index contributed by atoms with van der Waals surface area (Å²) in [5.41, 5.74) is 6.04. The van der Waals surface area contributed by atoms with Crippen LogP contribution in [0.4, 0.5) is 0 Å². The molecule has 1 atom stereocenters. The Labute approximate surface area is 88.4 Å². The van der Waals surface area contributed by atoms with E-state index in [2.05, 4.69) is 0 Å². The lowest BCUT2D eigenvalue weighted by Gasteiger charge is -2.10. The van der Waals surface area contributed by atoms with Gasteiger partial charge in [0.15, 0.2) is 0 Å². The smallest absolute Gasteiger partial charge is 0.137 e. The van der Waals surface area contributed by atoms with Gasteiger partial charge in [-0.2, -0.15) is 0 Å². The van der Waals surface area contributed by atoms with E-state index in [0.717, 1.165) is 0 Å². The van der Waals surface area contributed by atoms with Gasteiger partial charge in [0, 0.05) is 6.54 Å². The Bertz CT molecular complexity index is 304. The van der Waals surface area contributed by atoms with Gasteiger partial charge in [0.2, 0.25) is 0 Å². The Balaban J connectivity index is 2.88. The fourth-order valence-corrected chi connectivity index (χ4v) is 1.38. The lowest BCUT2D eigenvalue weighted by molar-refractivity contribution is 0.186. The fraction of sp³-hybridized carbons (Fsp3) is 0.400. The van der Waals surface area contributed by atoms with Gasteiger partial charge in [-0.05, 0) is 24.6 Å². The zero-order chi connectivity index (χ0) is 10.6. The predicted octanol–water partition coefficient (Wildman–Crippen LogP) is 1.73. The zero-order valence-electron chi connectivity index (χ0n) is 8.03. The molecule has 0 aliphatic carbocycles. The number of hydrogen-bond acceptors (Lipinski definition) is 3. The quantitative estimate of drug-likeness (QED) is 0.805. The second-order valence-corrected chi connectivity index (χ2v) is 3.28. The van der Waals surface area contributed by atoms with Crippen LogP contribution in [0.3, 0.4) is 0 Å². The molecule has 0 aromatic heterocycles. The fourth-order valence-electron chi connectivity index (χ4n) is 1.13. The number of halogens is 1. The lowest BCUT2D eigenvalue weighted by Crippen LogP contribution is -2.11. The van der Waals surface area contributed by atoms with E-state index in [0.29, 0.717) is 22.9 Å². The van der Waals surface area contributed by atoms with Crippen LogP contribution < -0.4 is 10.5 Å². The van der Waals surface area contributed by atoms with E-state index in [1.165, 1.54) is 0 Å². The summed E-state index contributed by atoms with van der Waals surface area (Å²) >= 11 is 5.93. The molecular weight excluding hydrogens is 202 g/mol. The highest BCUT2D eigenvalue weighted by Crippen LogP contribution is 2.27. The maximum atomic E-state index is 9.45. The first kappa shape index (κ1) is 11.3. The van der Waals surface area contributed by atoms with Gasteiger partial charge in [0.05, 0.1) is 17.7 Å².